The van der Waals surface area contributed by atoms with Gasteiger partial charge >= 0.3 is 0 Å². The van der Waals surface area contributed by atoms with Gasteiger partial charge in [0, 0.05) is 17.8 Å². The molecule has 0 N–H and O–H groups in total. The fraction of sp³-hybridized carbons (Fsp3) is 0.188. The molecule has 1 aliphatic rings. The Hall–Kier alpha value is -2.94. The summed E-state index contributed by atoms with van der Waals surface area (Å²) in [7, 11) is 0. The maximum Gasteiger partial charge on any atom is 0.254 e. The molecule has 0 bridgehead atoms. The second kappa shape index (κ2) is 5.82. The summed E-state index contributed by atoms with van der Waals surface area (Å²) in [5.41, 5.74) is 0.791. The monoisotopic (exact) mass is 297 g/mol. The van der Waals surface area contributed by atoms with Crippen LogP contribution in [0.5, 0.6) is 5.88 Å². The maximum absolute atomic E-state index is 13.1. The molecule has 5 nitrogen and oxygen atoms in total. The van der Waals surface area contributed by atoms with Crippen LogP contribution in [0.2, 0.25) is 0 Å². The van der Waals surface area contributed by atoms with Crippen molar-refractivity contribution in [3.8, 4) is 11.9 Å². The van der Waals surface area contributed by atoms with Gasteiger partial charge in [-0.25, -0.2) is 9.37 Å². The molecule has 110 valence electrons. The van der Waals surface area contributed by atoms with Gasteiger partial charge in [-0.15, -0.1) is 0 Å². The number of halogens is 1. The molecule has 3 rings (SSSR count). The molecule has 0 saturated carbocycles. The van der Waals surface area contributed by atoms with Crippen LogP contribution in [0.3, 0.4) is 0 Å². The summed E-state index contributed by atoms with van der Waals surface area (Å²) in [5, 5.41) is 8.69. The van der Waals surface area contributed by atoms with E-state index in [0.29, 0.717) is 30.1 Å². The lowest BCUT2D eigenvalue weighted by molar-refractivity contribution is 0.0160. The van der Waals surface area contributed by atoms with Crippen LogP contribution >= 0.6 is 0 Å². The highest BCUT2D eigenvalue weighted by Crippen LogP contribution is 2.19. The molecule has 1 saturated heterocycles. The Morgan fingerprint density at radius 3 is 2.82 bits per heavy atom. The van der Waals surface area contributed by atoms with Gasteiger partial charge in [-0.3, -0.25) is 4.79 Å². The summed E-state index contributed by atoms with van der Waals surface area (Å²) < 4.78 is 18.7. The van der Waals surface area contributed by atoms with Crippen molar-refractivity contribution < 1.29 is 13.9 Å². The van der Waals surface area contributed by atoms with E-state index >= 15 is 0 Å². The average Bonchev–Trinajstić information content (AvgIpc) is 2.50. The van der Waals surface area contributed by atoms with Gasteiger partial charge in [0.2, 0.25) is 5.88 Å². The summed E-state index contributed by atoms with van der Waals surface area (Å²) in [6.45, 7) is 0.855. The molecule has 0 spiro atoms. The highest BCUT2D eigenvalue weighted by Gasteiger charge is 2.33. The van der Waals surface area contributed by atoms with E-state index in [-0.39, 0.29) is 12.0 Å². The second-order valence-corrected chi connectivity index (χ2v) is 4.96. The number of likely N-dealkylation sites (tertiary alicyclic amines) is 1. The van der Waals surface area contributed by atoms with Gasteiger partial charge in [0.25, 0.3) is 5.91 Å². The number of hydrogen-bond donors (Lipinski definition) is 0. The molecule has 2 aromatic rings. The minimum absolute atomic E-state index is 0.141. The first kappa shape index (κ1) is 14.0. The van der Waals surface area contributed by atoms with E-state index in [1.54, 1.807) is 23.1 Å². The number of rotatable bonds is 3. The number of aromatic nitrogens is 1. The first-order valence-corrected chi connectivity index (χ1v) is 6.73. The Kier molecular flexibility index (Phi) is 3.71. The smallest absolute Gasteiger partial charge is 0.254 e. The second-order valence-electron chi connectivity index (χ2n) is 4.96. The number of ether oxygens (including phenoxy) is 1. The maximum atomic E-state index is 13.1. The zero-order chi connectivity index (χ0) is 15.5. The fourth-order valence-electron chi connectivity index (χ4n) is 2.17. The Balaban J connectivity index is 1.55. The third-order valence-electron chi connectivity index (χ3n) is 3.36. The predicted molar refractivity (Wildman–Crippen MR) is 75.7 cm³/mol. The quantitative estimate of drug-likeness (QED) is 0.869. The zero-order valence-electron chi connectivity index (χ0n) is 11.6. The van der Waals surface area contributed by atoms with Gasteiger partial charge in [0.05, 0.1) is 18.7 Å². The number of benzene rings is 1. The van der Waals surface area contributed by atoms with Crippen molar-refractivity contribution in [2.24, 2.45) is 0 Å². The standard InChI is InChI=1S/C16H12FN3O2/c17-13-3-1-2-12(6-13)16(21)20-9-14(10-20)22-15-5-4-11(7-18)8-19-15/h1-6,8,14H,9-10H2. The van der Waals surface area contributed by atoms with Crippen molar-refractivity contribution in [1.82, 2.24) is 9.88 Å². The fourth-order valence-corrected chi connectivity index (χ4v) is 2.17. The first-order chi connectivity index (χ1) is 10.7. The van der Waals surface area contributed by atoms with E-state index in [2.05, 4.69) is 4.98 Å². The topological polar surface area (TPSA) is 66.2 Å². The molecule has 2 heterocycles. The van der Waals surface area contributed by atoms with Crippen molar-refractivity contribution in [3.63, 3.8) is 0 Å². The van der Waals surface area contributed by atoms with Crippen molar-refractivity contribution >= 4 is 5.91 Å². The van der Waals surface area contributed by atoms with E-state index in [9.17, 15) is 9.18 Å². The van der Waals surface area contributed by atoms with E-state index in [4.69, 9.17) is 10.00 Å². The average molecular weight is 297 g/mol. The van der Waals surface area contributed by atoms with Crippen LogP contribution in [0.25, 0.3) is 0 Å². The Morgan fingerprint density at radius 1 is 1.36 bits per heavy atom. The number of carbonyl (C=O) groups is 1. The van der Waals surface area contributed by atoms with E-state index in [1.165, 1.54) is 24.4 Å². The minimum atomic E-state index is -0.430. The Morgan fingerprint density at radius 2 is 2.18 bits per heavy atom. The van der Waals surface area contributed by atoms with Crippen LogP contribution in [0.15, 0.2) is 42.6 Å². The van der Waals surface area contributed by atoms with Gasteiger partial charge in [-0.2, -0.15) is 5.26 Å². The number of nitriles is 1. The number of pyridine rings is 1. The van der Waals surface area contributed by atoms with Crippen LogP contribution in [0.1, 0.15) is 15.9 Å². The third-order valence-corrected chi connectivity index (χ3v) is 3.36. The van der Waals surface area contributed by atoms with Crippen molar-refractivity contribution in [2.75, 3.05) is 13.1 Å². The molecule has 6 heteroatoms. The molecule has 0 unspecified atom stereocenters. The molecule has 1 aromatic heterocycles. The first-order valence-electron chi connectivity index (χ1n) is 6.73. The molecule has 0 aliphatic carbocycles. The van der Waals surface area contributed by atoms with Crippen LogP contribution in [0.4, 0.5) is 4.39 Å². The molecule has 1 fully saturated rings. The molecular weight excluding hydrogens is 285 g/mol. The molecule has 1 aliphatic heterocycles. The Bertz CT molecular complexity index is 734. The summed E-state index contributed by atoms with van der Waals surface area (Å²) in [6.07, 6.45) is 1.29. The largest absolute Gasteiger partial charge is 0.471 e. The molecule has 1 amide bonds. The number of carbonyl (C=O) groups excluding carboxylic acids is 1. The normalized spacial score (nSPS) is 14.1. The minimum Gasteiger partial charge on any atom is -0.471 e. The Labute approximate surface area is 126 Å². The number of amides is 1. The van der Waals surface area contributed by atoms with E-state index in [0.717, 1.165) is 0 Å². The van der Waals surface area contributed by atoms with Gasteiger partial charge in [0.15, 0.2) is 0 Å². The van der Waals surface area contributed by atoms with Crippen molar-refractivity contribution in [1.29, 1.82) is 5.26 Å². The van der Waals surface area contributed by atoms with Gasteiger partial charge in [-0.05, 0) is 24.3 Å². The summed E-state index contributed by atoms with van der Waals surface area (Å²) >= 11 is 0. The highest BCUT2D eigenvalue weighted by atomic mass is 19.1. The summed E-state index contributed by atoms with van der Waals surface area (Å²) in [5.74, 6) is -0.227. The van der Waals surface area contributed by atoms with Crippen molar-refractivity contribution in [3.05, 3.63) is 59.5 Å². The third kappa shape index (κ3) is 2.88. The number of nitrogens with zero attached hydrogens (tertiary/aromatic N) is 3. The SMILES string of the molecule is N#Cc1ccc(OC2CN(C(=O)c3cccc(F)c3)C2)nc1. The van der Waals surface area contributed by atoms with E-state index in [1.807, 2.05) is 6.07 Å². The molecule has 1 aromatic carbocycles. The summed E-state index contributed by atoms with van der Waals surface area (Å²) in [6, 6.07) is 10.8. The van der Waals surface area contributed by atoms with Crippen LogP contribution in [-0.2, 0) is 0 Å². The lowest BCUT2D eigenvalue weighted by atomic mass is 10.1. The zero-order valence-corrected chi connectivity index (χ0v) is 11.6. The predicted octanol–water partition coefficient (Wildman–Crippen LogP) is 2.00. The van der Waals surface area contributed by atoms with Gasteiger partial charge in [-0.1, -0.05) is 6.07 Å². The van der Waals surface area contributed by atoms with Gasteiger partial charge < -0.3 is 9.64 Å². The van der Waals surface area contributed by atoms with Crippen molar-refractivity contribution in [2.45, 2.75) is 6.10 Å². The molecule has 22 heavy (non-hydrogen) atoms. The van der Waals surface area contributed by atoms with Crippen LogP contribution in [-0.4, -0.2) is 35.0 Å². The van der Waals surface area contributed by atoms with Crippen LogP contribution < -0.4 is 4.74 Å². The molecular formula is C16H12FN3O2. The molecule has 0 atom stereocenters. The van der Waals surface area contributed by atoms with E-state index < -0.39 is 5.82 Å². The number of hydrogen-bond acceptors (Lipinski definition) is 4. The molecule has 0 radical (unpaired) electrons. The van der Waals surface area contributed by atoms with Crippen LogP contribution in [0, 0.1) is 17.1 Å². The summed E-state index contributed by atoms with van der Waals surface area (Å²) in [4.78, 5) is 17.7. The van der Waals surface area contributed by atoms with Gasteiger partial charge in [0.1, 0.15) is 18.0 Å². The highest BCUT2D eigenvalue weighted by molar-refractivity contribution is 5.94. The lowest BCUT2D eigenvalue weighted by Crippen LogP contribution is -2.56. The lowest BCUT2D eigenvalue weighted by Gasteiger charge is -2.38.